The summed E-state index contributed by atoms with van der Waals surface area (Å²) >= 11 is 0. The summed E-state index contributed by atoms with van der Waals surface area (Å²) in [5.41, 5.74) is 7.26. The summed E-state index contributed by atoms with van der Waals surface area (Å²) in [6.07, 6.45) is 2.50. The summed E-state index contributed by atoms with van der Waals surface area (Å²) in [6.45, 7) is 2.11. The Bertz CT molecular complexity index is 1160. The van der Waals surface area contributed by atoms with E-state index in [4.69, 9.17) is 5.11 Å². The maximum Gasteiger partial charge on any atom is 0.335 e. The van der Waals surface area contributed by atoms with Gasteiger partial charge in [-0.3, -0.25) is 0 Å². The molecule has 0 fully saturated rings. The number of benzene rings is 2. The van der Waals surface area contributed by atoms with Crippen LogP contribution in [0.5, 0.6) is 0 Å². The minimum absolute atomic E-state index is 0.225. The molecule has 0 amide bonds. The Kier molecular flexibility index (Phi) is 4.21. The number of carbonyl (C=O) groups is 1. The van der Waals surface area contributed by atoms with Crippen molar-refractivity contribution >= 4 is 40.2 Å². The van der Waals surface area contributed by atoms with Gasteiger partial charge >= 0.3 is 5.97 Å². The van der Waals surface area contributed by atoms with Gasteiger partial charge in [0.15, 0.2) is 5.65 Å². The molecule has 3 N–H and O–H groups in total. The third kappa shape index (κ3) is 3.32. The molecule has 4 rings (SSSR count). The minimum atomic E-state index is -0.964. The van der Waals surface area contributed by atoms with E-state index in [9.17, 15) is 4.79 Å². The summed E-state index contributed by atoms with van der Waals surface area (Å²) < 4.78 is 0. The van der Waals surface area contributed by atoms with E-state index in [0.29, 0.717) is 5.65 Å². The number of aromatic amines is 1. The number of hydrogen-bond acceptors (Lipinski definition) is 6. The Balaban J connectivity index is 1.55. The maximum atomic E-state index is 10.8. The highest BCUT2D eigenvalue weighted by molar-refractivity contribution is 6.03. The fourth-order valence-electron chi connectivity index (χ4n) is 2.76. The molecule has 4 aromatic rings. The predicted molar refractivity (Wildman–Crippen MR) is 103 cm³/mol. The number of anilines is 1. The third-order valence-electron chi connectivity index (χ3n) is 4.22. The van der Waals surface area contributed by atoms with E-state index in [1.165, 1.54) is 17.7 Å². The molecule has 0 bridgehead atoms. The molecule has 2 heterocycles. The van der Waals surface area contributed by atoms with E-state index in [-0.39, 0.29) is 11.5 Å². The summed E-state index contributed by atoms with van der Waals surface area (Å²) in [7, 11) is 0. The average Bonchev–Trinajstić information content (AvgIpc) is 3.05. The van der Waals surface area contributed by atoms with Gasteiger partial charge in [-0.25, -0.2) is 10.2 Å². The number of aromatic carboxylic acids is 1. The van der Waals surface area contributed by atoms with Crippen LogP contribution in [0.4, 0.5) is 5.95 Å². The first-order valence-electron chi connectivity index (χ1n) is 8.41. The molecule has 0 spiro atoms. The highest BCUT2D eigenvalue weighted by Crippen LogP contribution is 2.23. The first-order valence-corrected chi connectivity index (χ1v) is 8.41. The lowest BCUT2D eigenvalue weighted by Crippen LogP contribution is -1.99. The van der Waals surface area contributed by atoms with Crippen LogP contribution in [0.3, 0.4) is 0 Å². The lowest BCUT2D eigenvalue weighted by molar-refractivity contribution is 0.0697. The van der Waals surface area contributed by atoms with Crippen LogP contribution in [0.15, 0.2) is 47.6 Å². The first-order chi connectivity index (χ1) is 13.1. The van der Waals surface area contributed by atoms with Crippen LogP contribution in [0.2, 0.25) is 0 Å². The summed E-state index contributed by atoms with van der Waals surface area (Å²) in [6, 6.07) is 12.6. The van der Waals surface area contributed by atoms with Crippen molar-refractivity contribution in [3.8, 4) is 0 Å². The molecule has 0 aliphatic rings. The zero-order valence-electron chi connectivity index (χ0n) is 14.5. The summed E-state index contributed by atoms with van der Waals surface area (Å²) in [5.74, 6) is -0.697. The van der Waals surface area contributed by atoms with Crippen LogP contribution in [-0.4, -0.2) is 37.5 Å². The molecule has 0 atom stereocenters. The van der Waals surface area contributed by atoms with E-state index in [1.807, 2.05) is 6.07 Å². The van der Waals surface area contributed by atoms with Crippen molar-refractivity contribution in [3.63, 3.8) is 0 Å². The highest BCUT2D eigenvalue weighted by atomic mass is 16.4. The summed E-state index contributed by atoms with van der Waals surface area (Å²) in [5, 5.41) is 22.3. The van der Waals surface area contributed by atoms with Gasteiger partial charge in [-0.15, -0.1) is 10.2 Å². The predicted octanol–water partition coefficient (Wildman–Crippen LogP) is 3.21. The standard InChI is InChI=1S/C19H16N6O2/c1-2-11-5-8-15-14(9-11)16-17(21-15)22-19(25-23-16)24-20-10-12-3-6-13(7-4-12)18(26)27/h3-10H,2H2,1H3,(H,26,27)(H2,21,22,24,25). The number of rotatable bonds is 5. The Morgan fingerprint density at radius 3 is 2.78 bits per heavy atom. The number of aryl methyl sites for hydroxylation is 1. The van der Waals surface area contributed by atoms with E-state index >= 15 is 0 Å². The first kappa shape index (κ1) is 16.6. The molecule has 2 aromatic carbocycles. The van der Waals surface area contributed by atoms with Crippen LogP contribution in [0, 0.1) is 0 Å². The van der Waals surface area contributed by atoms with E-state index in [0.717, 1.165) is 28.4 Å². The van der Waals surface area contributed by atoms with Crippen LogP contribution < -0.4 is 5.43 Å². The fraction of sp³-hybridized carbons (Fsp3) is 0.105. The van der Waals surface area contributed by atoms with Crippen LogP contribution in [0.1, 0.15) is 28.4 Å². The van der Waals surface area contributed by atoms with E-state index in [1.54, 1.807) is 18.3 Å². The molecule has 0 saturated heterocycles. The number of nitrogens with zero attached hydrogens (tertiary/aromatic N) is 4. The minimum Gasteiger partial charge on any atom is -0.478 e. The lowest BCUT2D eigenvalue weighted by atomic mass is 10.1. The van der Waals surface area contributed by atoms with Gasteiger partial charge in [0.05, 0.1) is 11.8 Å². The molecule has 134 valence electrons. The van der Waals surface area contributed by atoms with Crippen molar-refractivity contribution in [2.24, 2.45) is 5.10 Å². The van der Waals surface area contributed by atoms with Crippen molar-refractivity contribution in [2.75, 3.05) is 5.43 Å². The number of carboxylic acid groups (broad SMARTS) is 1. The molecular weight excluding hydrogens is 344 g/mol. The highest BCUT2D eigenvalue weighted by Gasteiger charge is 2.09. The van der Waals surface area contributed by atoms with Gasteiger partial charge in [-0.05, 0) is 41.8 Å². The van der Waals surface area contributed by atoms with Gasteiger partial charge in [0.1, 0.15) is 5.52 Å². The van der Waals surface area contributed by atoms with Gasteiger partial charge < -0.3 is 10.1 Å². The van der Waals surface area contributed by atoms with Gasteiger partial charge in [0.2, 0.25) is 0 Å². The number of hydrazone groups is 1. The molecule has 0 saturated carbocycles. The number of nitrogens with one attached hydrogen (secondary N) is 2. The smallest absolute Gasteiger partial charge is 0.335 e. The molecule has 27 heavy (non-hydrogen) atoms. The van der Waals surface area contributed by atoms with Crippen LogP contribution in [-0.2, 0) is 6.42 Å². The van der Waals surface area contributed by atoms with Crippen molar-refractivity contribution in [1.82, 2.24) is 20.2 Å². The maximum absolute atomic E-state index is 10.8. The Morgan fingerprint density at radius 2 is 2.04 bits per heavy atom. The van der Waals surface area contributed by atoms with Gasteiger partial charge in [-0.2, -0.15) is 10.1 Å². The zero-order chi connectivity index (χ0) is 18.8. The Labute approximate surface area is 154 Å². The second-order valence-corrected chi connectivity index (χ2v) is 5.99. The third-order valence-corrected chi connectivity index (χ3v) is 4.22. The Morgan fingerprint density at radius 1 is 1.22 bits per heavy atom. The quantitative estimate of drug-likeness (QED) is 0.372. The number of H-pyrrole nitrogens is 1. The molecular formula is C19H16N6O2. The molecule has 8 nitrogen and oxygen atoms in total. The van der Waals surface area contributed by atoms with Crippen LogP contribution in [0.25, 0.3) is 22.1 Å². The van der Waals surface area contributed by atoms with Gasteiger partial charge in [0, 0.05) is 10.9 Å². The van der Waals surface area contributed by atoms with Gasteiger partial charge in [0.25, 0.3) is 5.95 Å². The lowest BCUT2D eigenvalue weighted by Gasteiger charge is -1.98. The topological polar surface area (TPSA) is 116 Å². The fourth-order valence-corrected chi connectivity index (χ4v) is 2.76. The number of carboxylic acids is 1. The number of hydrogen-bond donors (Lipinski definition) is 3. The van der Waals surface area contributed by atoms with E-state index in [2.05, 4.69) is 49.7 Å². The van der Waals surface area contributed by atoms with Crippen molar-refractivity contribution in [2.45, 2.75) is 13.3 Å². The average molecular weight is 360 g/mol. The van der Waals surface area contributed by atoms with Crippen molar-refractivity contribution < 1.29 is 9.90 Å². The zero-order valence-corrected chi connectivity index (χ0v) is 14.5. The van der Waals surface area contributed by atoms with Crippen molar-refractivity contribution in [3.05, 3.63) is 59.2 Å². The number of aromatic nitrogens is 4. The summed E-state index contributed by atoms with van der Waals surface area (Å²) in [4.78, 5) is 18.5. The van der Waals surface area contributed by atoms with Crippen molar-refractivity contribution in [1.29, 1.82) is 0 Å². The largest absolute Gasteiger partial charge is 0.478 e. The SMILES string of the molecule is CCc1ccc2[nH]c3nc(NN=Cc4ccc(C(=O)O)cc4)nnc3c2c1. The molecule has 0 unspecified atom stereocenters. The Hall–Kier alpha value is -3.81. The van der Waals surface area contributed by atoms with Gasteiger partial charge in [-0.1, -0.05) is 25.1 Å². The normalized spacial score (nSPS) is 11.4. The molecule has 2 aromatic heterocycles. The molecule has 0 aliphatic heterocycles. The molecule has 0 radical (unpaired) electrons. The molecule has 8 heteroatoms. The number of fused-ring (bicyclic) bond motifs is 3. The second-order valence-electron chi connectivity index (χ2n) is 5.99. The monoisotopic (exact) mass is 360 g/mol. The van der Waals surface area contributed by atoms with E-state index < -0.39 is 5.97 Å². The molecule has 0 aliphatic carbocycles. The van der Waals surface area contributed by atoms with Crippen LogP contribution >= 0.6 is 0 Å². The second kappa shape index (κ2) is 6.83.